The Labute approximate surface area is 201 Å². The van der Waals surface area contributed by atoms with Crippen molar-refractivity contribution in [1.29, 1.82) is 0 Å². The minimum atomic E-state index is -3.05. The molecule has 0 N–H and O–H groups in total. The molecule has 0 aliphatic carbocycles. The van der Waals surface area contributed by atoms with Gasteiger partial charge in [-0.2, -0.15) is 0 Å². The molecule has 0 radical (unpaired) electrons. The van der Waals surface area contributed by atoms with E-state index in [1.165, 1.54) is 22.2 Å². The minimum absolute atomic E-state index is 0.0941. The zero-order valence-corrected chi connectivity index (χ0v) is 20.9. The molecule has 0 saturated carbocycles. The molecule has 4 aromatic rings. The molecule has 1 aliphatic rings. The van der Waals surface area contributed by atoms with Crippen molar-refractivity contribution in [1.82, 2.24) is 14.1 Å². The predicted octanol–water partition coefficient (Wildman–Crippen LogP) is 4.09. The smallest absolute Gasteiger partial charge is 0.263 e. The summed E-state index contributed by atoms with van der Waals surface area (Å²) < 4.78 is 27.3. The lowest BCUT2D eigenvalue weighted by atomic mass is 10.0. The van der Waals surface area contributed by atoms with Gasteiger partial charge in [-0.15, -0.1) is 11.3 Å². The third kappa shape index (κ3) is 3.82. The Bertz CT molecular complexity index is 1590. The fourth-order valence-electron chi connectivity index (χ4n) is 5.04. The predicted molar refractivity (Wildman–Crippen MR) is 135 cm³/mol. The van der Waals surface area contributed by atoms with E-state index < -0.39 is 9.84 Å². The van der Waals surface area contributed by atoms with Crippen molar-refractivity contribution < 1.29 is 13.2 Å². The second kappa shape index (κ2) is 8.32. The molecule has 0 amide bonds. The van der Waals surface area contributed by atoms with Gasteiger partial charge in [0.1, 0.15) is 4.83 Å². The summed E-state index contributed by atoms with van der Waals surface area (Å²) >= 11 is 1.47. The van der Waals surface area contributed by atoms with E-state index >= 15 is 0 Å². The van der Waals surface area contributed by atoms with Crippen LogP contribution in [0.5, 0.6) is 0 Å². The lowest BCUT2D eigenvalue weighted by Gasteiger charge is -2.16. The number of carbonyl (C=O) groups is 1. The van der Waals surface area contributed by atoms with E-state index in [0.29, 0.717) is 22.2 Å². The van der Waals surface area contributed by atoms with Gasteiger partial charge in [0.05, 0.1) is 29.8 Å². The van der Waals surface area contributed by atoms with Gasteiger partial charge in [-0.25, -0.2) is 13.4 Å². The fraction of sp³-hybridized carbons (Fsp3) is 0.320. The molecule has 9 heteroatoms. The Morgan fingerprint density at radius 2 is 1.91 bits per heavy atom. The second-order valence-electron chi connectivity index (χ2n) is 8.89. The molecule has 1 aliphatic heterocycles. The highest BCUT2D eigenvalue weighted by molar-refractivity contribution is 7.91. The van der Waals surface area contributed by atoms with Crippen molar-refractivity contribution in [3.8, 4) is 11.1 Å². The van der Waals surface area contributed by atoms with Crippen LogP contribution in [0.25, 0.3) is 21.3 Å². The number of sulfone groups is 1. The van der Waals surface area contributed by atoms with Gasteiger partial charge in [0, 0.05) is 33.4 Å². The Morgan fingerprint density at radius 3 is 2.59 bits per heavy atom. The summed E-state index contributed by atoms with van der Waals surface area (Å²) in [5.41, 5.74) is 3.67. The molecule has 4 heterocycles. The maximum absolute atomic E-state index is 13.4. The Balaban J connectivity index is 1.51. The number of aryl methyl sites for hydroxylation is 2. The molecule has 5 rings (SSSR count). The number of nitrogens with zero attached hydrogens (tertiary/aromatic N) is 3. The van der Waals surface area contributed by atoms with E-state index in [4.69, 9.17) is 0 Å². The quantitative estimate of drug-likeness (QED) is 0.389. The Morgan fingerprint density at radius 1 is 1.18 bits per heavy atom. The molecule has 176 valence electrons. The third-order valence-electron chi connectivity index (χ3n) is 6.59. The SMILES string of the molecule is Cc1sc2ncn(CC(=O)c3cc(C)n([C@@H]4CCS(=O)(=O)C4)c3C)c(=O)c2c1-c1ccccc1. The highest BCUT2D eigenvalue weighted by atomic mass is 32.2. The van der Waals surface area contributed by atoms with Crippen LogP contribution in [0.1, 0.15) is 39.1 Å². The van der Waals surface area contributed by atoms with Gasteiger partial charge in [0.25, 0.3) is 5.56 Å². The number of hydrogen-bond acceptors (Lipinski definition) is 6. The number of benzene rings is 1. The summed E-state index contributed by atoms with van der Waals surface area (Å²) in [4.78, 5) is 32.9. The first-order chi connectivity index (χ1) is 16.2. The standard InChI is InChI=1S/C25H25N3O4S2/c1-15-11-20(16(2)28(15)19-9-10-34(31,32)13-19)21(29)12-27-14-26-24-23(25(27)30)22(17(3)33-24)18-7-5-4-6-8-18/h4-8,11,14,19H,9-10,12-13H2,1-3H3/t19-/m1/s1. The largest absolute Gasteiger partial charge is 0.344 e. The van der Waals surface area contributed by atoms with Crippen molar-refractivity contribution >= 4 is 37.2 Å². The molecule has 1 saturated heterocycles. The van der Waals surface area contributed by atoms with Crippen LogP contribution in [0.15, 0.2) is 47.5 Å². The van der Waals surface area contributed by atoms with Crippen molar-refractivity contribution in [2.45, 2.75) is 39.8 Å². The van der Waals surface area contributed by atoms with Crippen LogP contribution in [0.3, 0.4) is 0 Å². The summed E-state index contributed by atoms with van der Waals surface area (Å²) in [5.74, 6) is 0.0661. The van der Waals surface area contributed by atoms with Crippen molar-refractivity contribution in [3.63, 3.8) is 0 Å². The molecule has 0 bridgehead atoms. The monoisotopic (exact) mass is 495 g/mol. The first kappa shape index (κ1) is 22.7. The summed E-state index contributed by atoms with van der Waals surface area (Å²) in [5, 5.41) is 0.533. The molecule has 1 atom stereocenters. The van der Waals surface area contributed by atoms with E-state index in [0.717, 1.165) is 27.4 Å². The molecular formula is C25H25N3O4S2. The fourth-order valence-corrected chi connectivity index (χ4v) is 7.75. The van der Waals surface area contributed by atoms with E-state index in [9.17, 15) is 18.0 Å². The topological polar surface area (TPSA) is 91.0 Å². The average molecular weight is 496 g/mol. The van der Waals surface area contributed by atoms with Crippen LogP contribution in [0.4, 0.5) is 0 Å². The normalized spacial score (nSPS) is 17.4. The lowest BCUT2D eigenvalue weighted by Crippen LogP contribution is -2.25. The number of rotatable bonds is 5. The summed E-state index contributed by atoms with van der Waals surface area (Å²) in [6.45, 7) is 5.57. The summed E-state index contributed by atoms with van der Waals surface area (Å²) in [6.07, 6.45) is 1.99. The molecular weight excluding hydrogens is 470 g/mol. The number of Topliss-reactive ketones (excluding diaryl/α,β-unsaturated/α-hetero) is 1. The number of fused-ring (bicyclic) bond motifs is 1. The van der Waals surface area contributed by atoms with Crippen molar-refractivity contribution in [2.75, 3.05) is 11.5 Å². The van der Waals surface area contributed by atoms with Gasteiger partial charge in [-0.3, -0.25) is 14.2 Å². The highest BCUT2D eigenvalue weighted by Crippen LogP contribution is 2.35. The molecule has 7 nitrogen and oxygen atoms in total. The molecule has 0 spiro atoms. The maximum atomic E-state index is 13.4. The van der Waals surface area contributed by atoms with Crippen LogP contribution in [-0.2, 0) is 16.4 Å². The molecule has 3 aromatic heterocycles. The lowest BCUT2D eigenvalue weighted by molar-refractivity contribution is 0.0970. The van der Waals surface area contributed by atoms with Crippen LogP contribution in [0.2, 0.25) is 0 Å². The Hall–Kier alpha value is -3.04. The molecule has 0 unspecified atom stereocenters. The molecule has 34 heavy (non-hydrogen) atoms. The van der Waals surface area contributed by atoms with E-state index in [1.807, 2.05) is 55.7 Å². The molecule has 1 fully saturated rings. The first-order valence-electron chi connectivity index (χ1n) is 11.1. The number of ketones is 1. The van der Waals surface area contributed by atoms with E-state index in [-0.39, 0.29) is 35.4 Å². The van der Waals surface area contributed by atoms with Gasteiger partial charge in [-0.05, 0) is 38.8 Å². The number of hydrogen-bond donors (Lipinski definition) is 0. The van der Waals surface area contributed by atoms with Crippen LogP contribution >= 0.6 is 11.3 Å². The summed E-state index contributed by atoms with van der Waals surface area (Å²) in [7, 11) is -3.05. The van der Waals surface area contributed by atoms with Crippen molar-refractivity contribution in [2.24, 2.45) is 0 Å². The number of carbonyl (C=O) groups excluding carboxylic acids is 1. The van der Waals surface area contributed by atoms with Crippen molar-refractivity contribution in [3.05, 3.63) is 74.9 Å². The molecule has 1 aromatic carbocycles. The highest BCUT2D eigenvalue weighted by Gasteiger charge is 2.31. The average Bonchev–Trinajstić information content (AvgIpc) is 3.42. The van der Waals surface area contributed by atoms with Gasteiger partial charge in [0.15, 0.2) is 15.6 Å². The maximum Gasteiger partial charge on any atom is 0.263 e. The summed E-state index contributed by atoms with van der Waals surface area (Å²) in [6, 6.07) is 11.4. The zero-order valence-electron chi connectivity index (χ0n) is 19.2. The van der Waals surface area contributed by atoms with Crippen LogP contribution < -0.4 is 5.56 Å². The first-order valence-corrected chi connectivity index (χ1v) is 13.8. The van der Waals surface area contributed by atoms with Gasteiger partial charge in [0.2, 0.25) is 0 Å². The van der Waals surface area contributed by atoms with Crippen LogP contribution in [0, 0.1) is 20.8 Å². The third-order valence-corrected chi connectivity index (χ3v) is 9.35. The van der Waals surface area contributed by atoms with Gasteiger partial charge < -0.3 is 4.57 Å². The van der Waals surface area contributed by atoms with E-state index in [2.05, 4.69) is 4.98 Å². The number of thiophene rings is 1. The number of aromatic nitrogens is 3. The zero-order chi connectivity index (χ0) is 24.2. The van der Waals surface area contributed by atoms with Gasteiger partial charge >= 0.3 is 0 Å². The van der Waals surface area contributed by atoms with Gasteiger partial charge in [-0.1, -0.05) is 30.3 Å². The Kier molecular flexibility index (Phi) is 5.56. The van der Waals surface area contributed by atoms with Crippen LogP contribution in [-0.4, -0.2) is 39.8 Å². The minimum Gasteiger partial charge on any atom is -0.344 e. The second-order valence-corrected chi connectivity index (χ2v) is 12.3. The van der Waals surface area contributed by atoms with E-state index in [1.54, 1.807) is 6.07 Å².